The molecule has 0 radical (unpaired) electrons. The van der Waals surface area contributed by atoms with E-state index in [1.807, 2.05) is 22.6 Å². The van der Waals surface area contributed by atoms with Gasteiger partial charge in [-0.1, -0.05) is 30.8 Å². The molecule has 0 bridgehead atoms. The summed E-state index contributed by atoms with van der Waals surface area (Å²) in [5.41, 5.74) is 2.98. The lowest BCUT2D eigenvalue weighted by atomic mass is 10.1. The highest BCUT2D eigenvalue weighted by molar-refractivity contribution is 7.98. The number of aromatic nitrogens is 5. The number of thioether (sulfide) groups is 1. The van der Waals surface area contributed by atoms with Crippen molar-refractivity contribution in [2.24, 2.45) is 5.92 Å². The van der Waals surface area contributed by atoms with Gasteiger partial charge in [-0.2, -0.15) is 4.98 Å². The van der Waals surface area contributed by atoms with Gasteiger partial charge in [0.05, 0.1) is 18.4 Å². The zero-order valence-electron chi connectivity index (χ0n) is 15.8. The summed E-state index contributed by atoms with van der Waals surface area (Å²) < 4.78 is 12.8. The summed E-state index contributed by atoms with van der Waals surface area (Å²) in [7, 11) is 1.67. The molecule has 0 saturated carbocycles. The van der Waals surface area contributed by atoms with Gasteiger partial charge >= 0.3 is 0 Å². The maximum absolute atomic E-state index is 5.40. The molecule has 0 aliphatic rings. The van der Waals surface area contributed by atoms with E-state index in [0.717, 1.165) is 45.3 Å². The molecule has 1 aromatic carbocycles. The van der Waals surface area contributed by atoms with Gasteiger partial charge in [0.2, 0.25) is 5.89 Å². The van der Waals surface area contributed by atoms with Crippen LogP contribution < -0.4 is 4.74 Å². The van der Waals surface area contributed by atoms with Gasteiger partial charge < -0.3 is 9.26 Å². The van der Waals surface area contributed by atoms with Crippen molar-refractivity contribution in [2.45, 2.75) is 38.1 Å². The molecule has 140 valence electrons. The fourth-order valence-electron chi connectivity index (χ4n) is 3.05. The average molecular weight is 383 g/mol. The summed E-state index contributed by atoms with van der Waals surface area (Å²) in [6.07, 6.45) is 0.811. The Morgan fingerprint density at radius 1 is 1.22 bits per heavy atom. The average Bonchev–Trinajstić information content (AvgIpc) is 3.25. The second-order valence-electron chi connectivity index (χ2n) is 6.88. The smallest absolute Gasteiger partial charge is 0.237 e. The molecule has 0 aliphatic heterocycles. The number of pyridine rings is 1. The van der Waals surface area contributed by atoms with Gasteiger partial charge in [-0.05, 0) is 36.6 Å². The van der Waals surface area contributed by atoms with Crippen molar-refractivity contribution in [1.82, 2.24) is 24.7 Å². The van der Waals surface area contributed by atoms with Crippen LogP contribution >= 0.6 is 11.8 Å². The Morgan fingerprint density at radius 3 is 2.85 bits per heavy atom. The Morgan fingerprint density at radius 2 is 2.07 bits per heavy atom. The van der Waals surface area contributed by atoms with Gasteiger partial charge in [0.25, 0.3) is 0 Å². The van der Waals surface area contributed by atoms with Gasteiger partial charge in [0.1, 0.15) is 5.75 Å². The first-order valence-corrected chi connectivity index (χ1v) is 9.80. The molecular weight excluding hydrogens is 362 g/mol. The minimum absolute atomic E-state index is 0.494. The van der Waals surface area contributed by atoms with Crippen LogP contribution in [0.15, 0.2) is 33.9 Å². The minimum atomic E-state index is 0.494. The molecule has 0 aliphatic carbocycles. The van der Waals surface area contributed by atoms with E-state index in [9.17, 15) is 0 Å². The SMILES string of the molecule is COc1ccc2c(C)cc3nnc(SCc4nc(CC(C)C)no4)n3c2c1. The standard InChI is InChI=1S/C19H21N5O2S/c1-11(2)7-16-20-18(26-23-16)10-27-19-22-21-17-8-12(3)14-6-5-13(25-4)9-15(14)24(17)19/h5-6,8-9,11H,7,10H2,1-4H3. The third kappa shape index (κ3) is 3.49. The predicted octanol–water partition coefficient (Wildman–Crippen LogP) is 4.07. The van der Waals surface area contributed by atoms with Crippen LogP contribution in [-0.2, 0) is 12.2 Å². The Labute approximate surface area is 161 Å². The number of ether oxygens (including phenoxy) is 1. The van der Waals surface area contributed by atoms with Crippen LogP contribution in [0.5, 0.6) is 5.75 Å². The van der Waals surface area contributed by atoms with E-state index in [2.05, 4.69) is 47.2 Å². The van der Waals surface area contributed by atoms with Crippen LogP contribution in [0.1, 0.15) is 31.1 Å². The lowest BCUT2D eigenvalue weighted by Gasteiger charge is -2.09. The summed E-state index contributed by atoms with van der Waals surface area (Å²) in [5, 5.41) is 14.7. The number of fused-ring (bicyclic) bond motifs is 3. The third-order valence-corrected chi connectivity index (χ3v) is 5.21. The van der Waals surface area contributed by atoms with Crippen molar-refractivity contribution < 1.29 is 9.26 Å². The second kappa shape index (κ2) is 7.19. The molecule has 0 amide bonds. The number of hydrogen-bond acceptors (Lipinski definition) is 7. The number of hydrogen-bond donors (Lipinski definition) is 0. The third-order valence-electron chi connectivity index (χ3n) is 4.30. The summed E-state index contributed by atoms with van der Waals surface area (Å²) >= 11 is 1.53. The lowest BCUT2D eigenvalue weighted by Crippen LogP contribution is -1.96. The molecule has 0 unspecified atom stereocenters. The summed E-state index contributed by atoms with van der Waals surface area (Å²) in [6.45, 7) is 6.34. The van der Waals surface area contributed by atoms with Crippen molar-refractivity contribution in [3.05, 3.63) is 41.5 Å². The molecule has 0 saturated heterocycles. The molecule has 0 spiro atoms. The molecule has 3 heterocycles. The molecule has 7 nitrogen and oxygen atoms in total. The summed E-state index contributed by atoms with van der Waals surface area (Å²) in [5.74, 6) is 3.19. The van der Waals surface area contributed by atoms with Crippen LogP contribution in [0.4, 0.5) is 0 Å². The second-order valence-corrected chi connectivity index (χ2v) is 7.82. The number of nitrogens with zero attached hydrogens (tertiary/aromatic N) is 5. The molecule has 0 fully saturated rings. The molecular formula is C19H21N5O2S. The lowest BCUT2D eigenvalue weighted by molar-refractivity contribution is 0.382. The number of aryl methyl sites for hydroxylation is 1. The zero-order chi connectivity index (χ0) is 19.0. The van der Waals surface area contributed by atoms with Crippen LogP contribution in [0.2, 0.25) is 0 Å². The van der Waals surface area contributed by atoms with Gasteiger partial charge in [0, 0.05) is 17.9 Å². The fraction of sp³-hybridized carbons (Fsp3) is 0.368. The number of benzene rings is 1. The Kier molecular flexibility index (Phi) is 4.73. The van der Waals surface area contributed by atoms with Crippen LogP contribution in [0.3, 0.4) is 0 Å². The fourth-order valence-corrected chi connectivity index (χ4v) is 3.84. The number of rotatable bonds is 6. The molecule has 27 heavy (non-hydrogen) atoms. The minimum Gasteiger partial charge on any atom is -0.497 e. The van der Waals surface area contributed by atoms with Gasteiger partial charge in [-0.25, -0.2) is 0 Å². The van der Waals surface area contributed by atoms with Gasteiger partial charge in [0.15, 0.2) is 16.6 Å². The Bertz CT molecular complexity index is 1100. The van der Waals surface area contributed by atoms with Crippen LogP contribution in [0, 0.1) is 12.8 Å². The quantitative estimate of drug-likeness (QED) is 0.464. The maximum Gasteiger partial charge on any atom is 0.237 e. The molecule has 4 rings (SSSR count). The van der Waals surface area contributed by atoms with Crippen molar-refractivity contribution in [3.8, 4) is 5.75 Å². The first-order valence-electron chi connectivity index (χ1n) is 8.82. The van der Waals surface area contributed by atoms with E-state index < -0.39 is 0 Å². The van der Waals surface area contributed by atoms with Gasteiger partial charge in [-0.15, -0.1) is 10.2 Å². The Balaban J connectivity index is 1.68. The van der Waals surface area contributed by atoms with Crippen molar-refractivity contribution in [3.63, 3.8) is 0 Å². The Hall–Kier alpha value is -2.61. The largest absolute Gasteiger partial charge is 0.497 e. The molecule has 0 N–H and O–H groups in total. The monoisotopic (exact) mass is 383 g/mol. The first kappa shape index (κ1) is 17.8. The molecule has 4 aromatic rings. The maximum atomic E-state index is 5.40. The normalized spacial score (nSPS) is 11.7. The topological polar surface area (TPSA) is 78.3 Å². The molecule has 8 heteroatoms. The van der Waals surface area contributed by atoms with Gasteiger partial charge in [-0.3, -0.25) is 4.40 Å². The highest BCUT2D eigenvalue weighted by atomic mass is 32.2. The van der Waals surface area contributed by atoms with E-state index in [1.165, 1.54) is 11.8 Å². The van der Waals surface area contributed by atoms with E-state index >= 15 is 0 Å². The van der Waals surface area contributed by atoms with Crippen molar-refractivity contribution >= 4 is 28.3 Å². The van der Waals surface area contributed by atoms with E-state index in [1.54, 1.807) is 7.11 Å². The highest BCUT2D eigenvalue weighted by Crippen LogP contribution is 2.29. The van der Waals surface area contributed by atoms with Crippen LogP contribution in [0.25, 0.3) is 16.6 Å². The summed E-state index contributed by atoms with van der Waals surface area (Å²) in [6, 6.07) is 8.08. The summed E-state index contributed by atoms with van der Waals surface area (Å²) in [4.78, 5) is 4.46. The van der Waals surface area contributed by atoms with E-state index in [4.69, 9.17) is 9.26 Å². The number of methoxy groups -OCH3 is 1. The van der Waals surface area contributed by atoms with Crippen LogP contribution in [-0.4, -0.2) is 31.8 Å². The first-order chi connectivity index (χ1) is 13.0. The molecule has 0 atom stereocenters. The van der Waals surface area contributed by atoms with Crippen molar-refractivity contribution in [2.75, 3.05) is 7.11 Å². The zero-order valence-corrected chi connectivity index (χ0v) is 16.6. The van der Waals surface area contributed by atoms with E-state index in [0.29, 0.717) is 17.6 Å². The van der Waals surface area contributed by atoms with Crippen molar-refractivity contribution in [1.29, 1.82) is 0 Å². The van der Waals surface area contributed by atoms with E-state index in [-0.39, 0.29) is 0 Å². The predicted molar refractivity (Wildman–Crippen MR) is 104 cm³/mol. The molecule has 3 aromatic heterocycles. The highest BCUT2D eigenvalue weighted by Gasteiger charge is 2.15.